The zero-order valence-corrected chi connectivity index (χ0v) is 9.70. The van der Waals surface area contributed by atoms with Crippen LogP contribution in [0, 0.1) is 0 Å². The first kappa shape index (κ1) is 15.2. The number of rotatable bonds is 9. The molecule has 0 aliphatic carbocycles. The molecular formula is C9H17NO5S. The van der Waals surface area contributed by atoms with E-state index in [4.69, 9.17) is 15.3 Å². The van der Waals surface area contributed by atoms with Gasteiger partial charge in [0.2, 0.25) is 5.91 Å². The minimum atomic E-state index is -0.880. The highest BCUT2D eigenvalue weighted by Crippen LogP contribution is 2.01. The van der Waals surface area contributed by atoms with Gasteiger partial charge in [0.05, 0.1) is 18.5 Å². The maximum Gasteiger partial charge on any atom is 0.303 e. The van der Waals surface area contributed by atoms with Crippen LogP contribution in [0.15, 0.2) is 0 Å². The van der Waals surface area contributed by atoms with Gasteiger partial charge in [-0.05, 0) is 6.42 Å². The predicted molar refractivity (Wildman–Crippen MR) is 60.3 cm³/mol. The van der Waals surface area contributed by atoms with Crippen LogP contribution >= 0.6 is 11.8 Å². The molecule has 0 rings (SSSR count). The van der Waals surface area contributed by atoms with Crippen molar-refractivity contribution in [2.24, 2.45) is 0 Å². The number of aliphatic carboxylic acids is 1. The van der Waals surface area contributed by atoms with E-state index in [2.05, 4.69) is 5.32 Å². The summed E-state index contributed by atoms with van der Waals surface area (Å²) in [5, 5.41) is 28.4. The van der Waals surface area contributed by atoms with Crippen molar-refractivity contribution in [3.63, 3.8) is 0 Å². The van der Waals surface area contributed by atoms with Crippen LogP contribution in [0.4, 0.5) is 0 Å². The smallest absolute Gasteiger partial charge is 0.303 e. The second-order valence-corrected chi connectivity index (χ2v) is 4.23. The minimum Gasteiger partial charge on any atom is -0.481 e. The number of hydrogen-bond donors (Lipinski definition) is 4. The molecule has 6 nitrogen and oxygen atoms in total. The molecule has 0 fully saturated rings. The summed E-state index contributed by atoms with van der Waals surface area (Å²) in [4.78, 5) is 21.3. The molecule has 0 saturated carbocycles. The number of nitrogens with one attached hydrogen (secondary N) is 1. The third kappa shape index (κ3) is 9.75. The van der Waals surface area contributed by atoms with Crippen LogP contribution in [-0.2, 0) is 9.59 Å². The molecule has 94 valence electrons. The third-order valence-corrected chi connectivity index (χ3v) is 2.73. The Morgan fingerprint density at radius 2 is 2.06 bits per heavy atom. The van der Waals surface area contributed by atoms with Gasteiger partial charge in [0.1, 0.15) is 0 Å². The normalized spacial score (nSPS) is 12.1. The number of carboxylic acid groups (broad SMARTS) is 1. The van der Waals surface area contributed by atoms with Crippen LogP contribution in [0.25, 0.3) is 0 Å². The summed E-state index contributed by atoms with van der Waals surface area (Å²) >= 11 is 1.22. The summed E-state index contributed by atoms with van der Waals surface area (Å²) in [6, 6.07) is 0. The van der Waals surface area contributed by atoms with Gasteiger partial charge in [-0.25, -0.2) is 0 Å². The molecule has 1 amide bonds. The van der Waals surface area contributed by atoms with Gasteiger partial charge in [-0.2, -0.15) is 0 Å². The summed E-state index contributed by atoms with van der Waals surface area (Å²) in [5.74, 6) is -0.571. The van der Waals surface area contributed by atoms with Gasteiger partial charge in [0.25, 0.3) is 0 Å². The number of amides is 1. The molecule has 7 heteroatoms. The van der Waals surface area contributed by atoms with Crippen LogP contribution in [0.5, 0.6) is 0 Å². The lowest BCUT2D eigenvalue weighted by Gasteiger charge is -2.06. The highest BCUT2D eigenvalue weighted by atomic mass is 32.2. The molecule has 0 aromatic heterocycles. The summed E-state index contributed by atoms with van der Waals surface area (Å²) in [5.41, 5.74) is 0. The minimum absolute atomic E-state index is 0.0383. The van der Waals surface area contributed by atoms with E-state index in [1.165, 1.54) is 11.8 Å². The highest BCUT2D eigenvalue weighted by Gasteiger charge is 2.05. The van der Waals surface area contributed by atoms with Gasteiger partial charge in [-0.1, -0.05) is 0 Å². The fraction of sp³-hybridized carbons (Fsp3) is 0.778. The predicted octanol–water partition coefficient (Wildman–Crippen LogP) is -0.946. The first-order valence-corrected chi connectivity index (χ1v) is 6.07. The van der Waals surface area contributed by atoms with Crippen molar-refractivity contribution >= 4 is 23.6 Å². The molecule has 0 aliphatic rings. The maximum atomic E-state index is 11.1. The number of hydrogen-bond acceptors (Lipinski definition) is 5. The standard InChI is InChI=1S/C9H17NO5S/c11-4-7(12)5-16-6-8(13)10-3-1-2-9(14)15/h7,11-12H,1-6H2,(H,10,13)(H,14,15). The number of aliphatic hydroxyl groups is 2. The molecule has 0 aromatic carbocycles. The van der Waals surface area contributed by atoms with Crippen LogP contribution in [0.2, 0.25) is 0 Å². The molecule has 4 N–H and O–H groups in total. The SMILES string of the molecule is O=C(O)CCCNC(=O)CSCC(O)CO. The second-order valence-electron chi connectivity index (χ2n) is 3.20. The summed E-state index contributed by atoms with van der Waals surface area (Å²) < 4.78 is 0. The largest absolute Gasteiger partial charge is 0.481 e. The number of carboxylic acids is 1. The molecule has 0 saturated heterocycles. The van der Waals surface area contributed by atoms with Crippen LogP contribution in [0.3, 0.4) is 0 Å². The Bertz CT molecular complexity index is 224. The Hall–Kier alpha value is -0.790. The van der Waals surface area contributed by atoms with Crippen molar-refractivity contribution in [1.29, 1.82) is 0 Å². The van der Waals surface area contributed by atoms with Gasteiger partial charge in [0, 0.05) is 18.7 Å². The summed E-state index contributed by atoms with van der Waals surface area (Å²) in [6.07, 6.45) is -0.355. The Kier molecular flexibility index (Phi) is 8.97. The van der Waals surface area contributed by atoms with E-state index in [-0.39, 0.29) is 24.7 Å². The molecular weight excluding hydrogens is 234 g/mol. The fourth-order valence-corrected chi connectivity index (χ4v) is 1.64. The molecule has 16 heavy (non-hydrogen) atoms. The average Bonchev–Trinajstić information content (AvgIpc) is 2.24. The Balaban J connectivity index is 3.34. The molecule has 0 aromatic rings. The van der Waals surface area contributed by atoms with Crippen molar-refractivity contribution < 1.29 is 24.9 Å². The monoisotopic (exact) mass is 251 g/mol. The van der Waals surface area contributed by atoms with Crippen LogP contribution < -0.4 is 5.32 Å². The number of thioether (sulfide) groups is 1. The van der Waals surface area contributed by atoms with E-state index in [0.717, 1.165) is 0 Å². The van der Waals surface area contributed by atoms with Gasteiger partial charge >= 0.3 is 5.97 Å². The summed E-state index contributed by atoms with van der Waals surface area (Å²) in [6.45, 7) is 0.0292. The highest BCUT2D eigenvalue weighted by molar-refractivity contribution is 7.99. The molecule has 0 bridgehead atoms. The number of carbonyl (C=O) groups is 2. The van der Waals surface area contributed by atoms with Crippen molar-refractivity contribution in [2.75, 3.05) is 24.7 Å². The summed E-state index contributed by atoms with van der Waals surface area (Å²) in [7, 11) is 0. The Labute approximate surface area is 98.0 Å². The van der Waals surface area contributed by atoms with Crippen LogP contribution in [-0.4, -0.2) is 58.0 Å². The third-order valence-electron chi connectivity index (χ3n) is 1.64. The lowest BCUT2D eigenvalue weighted by atomic mass is 10.3. The van der Waals surface area contributed by atoms with E-state index in [9.17, 15) is 9.59 Å². The average molecular weight is 251 g/mol. The zero-order valence-electron chi connectivity index (χ0n) is 8.89. The van der Waals surface area contributed by atoms with E-state index in [1.807, 2.05) is 0 Å². The van der Waals surface area contributed by atoms with Crippen LogP contribution in [0.1, 0.15) is 12.8 Å². The fourth-order valence-electron chi connectivity index (χ4n) is 0.859. The quantitative estimate of drug-likeness (QED) is 0.394. The molecule has 0 radical (unpaired) electrons. The first-order chi connectivity index (χ1) is 7.56. The second kappa shape index (κ2) is 9.44. The molecule has 1 atom stereocenters. The van der Waals surface area contributed by atoms with E-state index in [0.29, 0.717) is 18.7 Å². The molecule has 0 spiro atoms. The Morgan fingerprint density at radius 1 is 1.38 bits per heavy atom. The van der Waals surface area contributed by atoms with Gasteiger partial charge in [-0.15, -0.1) is 11.8 Å². The van der Waals surface area contributed by atoms with Gasteiger partial charge in [0.15, 0.2) is 0 Å². The maximum absolute atomic E-state index is 11.1. The first-order valence-electron chi connectivity index (χ1n) is 4.91. The lowest BCUT2D eigenvalue weighted by Crippen LogP contribution is -2.27. The van der Waals surface area contributed by atoms with Gasteiger partial charge in [-0.3, -0.25) is 9.59 Å². The number of aliphatic hydroxyl groups excluding tert-OH is 2. The van der Waals surface area contributed by atoms with E-state index in [1.54, 1.807) is 0 Å². The zero-order chi connectivity index (χ0) is 12.4. The Morgan fingerprint density at radius 3 is 2.62 bits per heavy atom. The van der Waals surface area contributed by atoms with Crippen molar-refractivity contribution in [3.05, 3.63) is 0 Å². The molecule has 0 aliphatic heterocycles. The molecule has 0 heterocycles. The van der Waals surface area contributed by atoms with Crippen molar-refractivity contribution in [1.82, 2.24) is 5.32 Å². The van der Waals surface area contributed by atoms with E-state index >= 15 is 0 Å². The van der Waals surface area contributed by atoms with Crippen molar-refractivity contribution in [3.8, 4) is 0 Å². The van der Waals surface area contributed by atoms with E-state index < -0.39 is 12.1 Å². The molecule has 1 unspecified atom stereocenters. The number of carbonyl (C=O) groups excluding carboxylic acids is 1. The lowest BCUT2D eigenvalue weighted by molar-refractivity contribution is -0.137. The topological polar surface area (TPSA) is 107 Å². The van der Waals surface area contributed by atoms with Crippen molar-refractivity contribution in [2.45, 2.75) is 18.9 Å². The van der Waals surface area contributed by atoms with Gasteiger partial charge < -0.3 is 20.6 Å².